The highest BCUT2D eigenvalue weighted by molar-refractivity contribution is 5.75. The molecule has 0 radical (unpaired) electrons. The summed E-state index contributed by atoms with van der Waals surface area (Å²) in [6.45, 7) is 5.86. The minimum Gasteiger partial charge on any atom is -0.508 e. The first kappa shape index (κ1) is 16.6. The topological polar surface area (TPSA) is 116 Å². The van der Waals surface area contributed by atoms with Crippen LogP contribution >= 0.6 is 0 Å². The summed E-state index contributed by atoms with van der Waals surface area (Å²) in [5, 5.41) is 32.4. The summed E-state index contributed by atoms with van der Waals surface area (Å²) in [5.74, 6) is -1.96. The number of phenols is 2. The van der Waals surface area contributed by atoms with Crippen molar-refractivity contribution in [2.75, 3.05) is 7.05 Å². The molecule has 1 fully saturated rings. The molecule has 122 valence electrons. The molecule has 4 atom stereocenters. The number of carbonyl (C=O) groups is 1. The van der Waals surface area contributed by atoms with Gasteiger partial charge in [0.2, 0.25) is 0 Å². The van der Waals surface area contributed by atoms with E-state index in [1.165, 1.54) is 6.07 Å². The van der Waals surface area contributed by atoms with Gasteiger partial charge < -0.3 is 26.4 Å². The van der Waals surface area contributed by atoms with Crippen LogP contribution in [0.3, 0.4) is 0 Å². The normalized spacial score (nSPS) is 28.2. The van der Waals surface area contributed by atoms with E-state index in [4.69, 9.17) is 5.73 Å². The van der Waals surface area contributed by atoms with Crippen LogP contribution in [-0.4, -0.2) is 40.4 Å². The fourth-order valence-corrected chi connectivity index (χ4v) is 3.57. The summed E-state index contributed by atoms with van der Waals surface area (Å²) in [4.78, 5) is 11.3. The fraction of sp³-hybridized carbons (Fsp3) is 0.562. The third-order valence-corrected chi connectivity index (χ3v) is 4.46. The number of nitrogens with two attached hydrogens (primary N) is 1. The van der Waals surface area contributed by atoms with Gasteiger partial charge in [0.1, 0.15) is 11.5 Å². The maximum absolute atomic E-state index is 11.3. The molecule has 6 N–H and O–H groups in total. The highest BCUT2D eigenvalue weighted by atomic mass is 16.4. The molecule has 4 unspecified atom stereocenters. The molecule has 0 spiro atoms. The van der Waals surface area contributed by atoms with E-state index in [0.717, 1.165) is 0 Å². The number of hydrogen-bond acceptors (Lipinski definition) is 5. The lowest BCUT2D eigenvalue weighted by Crippen LogP contribution is -2.66. The van der Waals surface area contributed by atoms with Gasteiger partial charge >= 0.3 is 5.97 Å². The second kappa shape index (κ2) is 5.44. The standard InChI is InChI=1S/C16H24N2O4/c1-16(2,3)12-8(5-7(19)6-9(12)20)10-13(17)11(15(21)22)14(10)18-4/h5-6,10-11,13-14,18-20H,17H2,1-4H3,(H,21,22). The molecular formula is C16H24N2O4. The summed E-state index contributed by atoms with van der Waals surface area (Å²) in [5.41, 5.74) is 7.13. The molecule has 0 heterocycles. The summed E-state index contributed by atoms with van der Waals surface area (Å²) in [6, 6.07) is 1.97. The van der Waals surface area contributed by atoms with E-state index in [1.54, 1.807) is 13.1 Å². The third kappa shape index (κ3) is 2.53. The van der Waals surface area contributed by atoms with Crippen molar-refractivity contribution in [2.24, 2.45) is 11.7 Å². The molecule has 0 amide bonds. The Morgan fingerprint density at radius 3 is 2.32 bits per heavy atom. The average Bonchev–Trinajstić information content (AvgIpc) is 2.32. The van der Waals surface area contributed by atoms with Crippen molar-refractivity contribution in [3.63, 3.8) is 0 Å². The Hall–Kier alpha value is -1.79. The maximum atomic E-state index is 11.3. The van der Waals surface area contributed by atoms with Crippen LogP contribution in [0.15, 0.2) is 12.1 Å². The van der Waals surface area contributed by atoms with Crippen LogP contribution in [0.25, 0.3) is 0 Å². The molecule has 0 aliphatic heterocycles. The second-order valence-corrected chi connectivity index (χ2v) is 6.96. The van der Waals surface area contributed by atoms with E-state index >= 15 is 0 Å². The minimum atomic E-state index is -0.940. The smallest absolute Gasteiger partial charge is 0.309 e. The number of aromatic hydroxyl groups is 2. The van der Waals surface area contributed by atoms with Gasteiger partial charge in [0.25, 0.3) is 0 Å². The Morgan fingerprint density at radius 1 is 1.27 bits per heavy atom. The third-order valence-electron chi connectivity index (χ3n) is 4.46. The number of nitrogens with one attached hydrogen (secondary N) is 1. The van der Waals surface area contributed by atoms with Crippen LogP contribution in [-0.2, 0) is 10.2 Å². The molecule has 2 rings (SSSR count). The van der Waals surface area contributed by atoms with Crippen LogP contribution in [0, 0.1) is 5.92 Å². The summed E-state index contributed by atoms with van der Waals surface area (Å²) >= 11 is 0. The molecule has 1 aliphatic rings. The molecule has 1 aromatic rings. The number of aliphatic carboxylic acids is 1. The van der Waals surface area contributed by atoms with Crippen molar-refractivity contribution in [3.05, 3.63) is 23.3 Å². The maximum Gasteiger partial charge on any atom is 0.309 e. The number of likely N-dealkylation sites (N-methyl/N-ethyl adjacent to an activating group) is 1. The number of carboxylic acids is 1. The van der Waals surface area contributed by atoms with E-state index < -0.39 is 17.9 Å². The van der Waals surface area contributed by atoms with Crippen molar-refractivity contribution in [1.29, 1.82) is 0 Å². The molecule has 0 aromatic heterocycles. The highest BCUT2D eigenvalue weighted by Crippen LogP contribution is 2.48. The average molecular weight is 308 g/mol. The van der Waals surface area contributed by atoms with Crippen molar-refractivity contribution < 1.29 is 20.1 Å². The van der Waals surface area contributed by atoms with E-state index in [9.17, 15) is 20.1 Å². The number of benzene rings is 1. The quantitative estimate of drug-likeness (QED) is 0.571. The molecule has 1 aliphatic carbocycles. The minimum absolute atomic E-state index is 0.00308. The van der Waals surface area contributed by atoms with Gasteiger partial charge in [-0.15, -0.1) is 0 Å². The monoisotopic (exact) mass is 308 g/mol. The molecule has 6 nitrogen and oxygen atoms in total. The zero-order valence-corrected chi connectivity index (χ0v) is 13.3. The largest absolute Gasteiger partial charge is 0.508 e. The van der Waals surface area contributed by atoms with Crippen molar-refractivity contribution in [3.8, 4) is 11.5 Å². The lowest BCUT2D eigenvalue weighted by molar-refractivity contribution is -0.148. The lowest BCUT2D eigenvalue weighted by Gasteiger charge is -2.49. The SMILES string of the molecule is CNC1C(C(=O)O)C(N)C1c1cc(O)cc(O)c1C(C)(C)C. The molecule has 6 heteroatoms. The van der Waals surface area contributed by atoms with Gasteiger partial charge in [-0.2, -0.15) is 0 Å². The first-order valence-corrected chi connectivity index (χ1v) is 7.31. The highest BCUT2D eigenvalue weighted by Gasteiger charge is 2.53. The summed E-state index contributed by atoms with van der Waals surface area (Å²) in [6.07, 6.45) is 0. The predicted octanol–water partition coefficient (Wildman–Crippen LogP) is 1.11. The van der Waals surface area contributed by atoms with Crippen molar-refractivity contribution >= 4 is 5.97 Å². The first-order valence-electron chi connectivity index (χ1n) is 7.31. The molecule has 0 saturated heterocycles. The van der Waals surface area contributed by atoms with Gasteiger partial charge in [-0.05, 0) is 24.1 Å². The van der Waals surface area contributed by atoms with Crippen LogP contribution in [0.4, 0.5) is 0 Å². The molecular weight excluding hydrogens is 284 g/mol. The zero-order valence-electron chi connectivity index (χ0n) is 13.3. The van der Waals surface area contributed by atoms with E-state index in [0.29, 0.717) is 11.1 Å². The molecule has 0 bridgehead atoms. The van der Waals surface area contributed by atoms with E-state index in [2.05, 4.69) is 5.32 Å². The van der Waals surface area contributed by atoms with Crippen molar-refractivity contribution in [1.82, 2.24) is 5.32 Å². The lowest BCUT2D eigenvalue weighted by atomic mass is 9.60. The summed E-state index contributed by atoms with van der Waals surface area (Å²) in [7, 11) is 1.69. The molecule has 1 saturated carbocycles. The van der Waals surface area contributed by atoms with E-state index in [-0.39, 0.29) is 28.9 Å². The van der Waals surface area contributed by atoms with Crippen LogP contribution in [0.5, 0.6) is 11.5 Å². The number of phenolic OH excluding ortho intramolecular Hbond substituents is 2. The molecule has 1 aromatic carbocycles. The van der Waals surface area contributed by atoms with Crippen LogP contribution in [0.2, 0.25) is 0 Å². The Kier molecular flexibility index (Phi) is 4.10. The van der Waals surface area contributed by atoms with E-state index in [1.807, 2.05) is 20.8 Å². The Bertz CT molecular complexity index is 595. The van der Waals surface area contributed by atoms with Gasteiger partial charge in [0.15, 0.2) is 0 Å². The Balaban J connectivity index is 2.56. The number of hydrogen-bond donors (Lipinski definition) is 5. The summed E-state index contributed by atoms with van der Waals surface area (Å²) < 4.78 is 0. The predicted molar refractivity (Wildman–Crippen MR) is 83.2 cm³/mol. The first-order chi connectivity index (χ1) is 10.1. The zero-order chi connectivity index (χ0) is 16.8. The van der Waals surface area contributed by atoms with Crippen LogP contribution in [0.1, 0.15) is 37.8 Å². The number of rotatable bonds is 3. The second-order valence-electron chi connectivity index (χ2n) is 6.96. The Labute approximate surface area is 130 Å². The van der Waals surface area contributed by atoms with Gasteiger partial charge in [0.05, 0.1) is 5.92 Å². The van der Waals surface area contributed by atoms with Gasteiger partial charge in [-0.1, -0.05) is 20.8 Å². The Morgan fingerprint density at radius 2 is 1.86 bits per heavy atom. The molecule has 22 heavy (non-hydrogen) atoms. The van der Waals surface area contributed by atoms with Gasteiger partial charge in [-0.3, -0.25) is 4.79 Å². The fourth-order valence-electron chi connectivity index (χ4n) is 3.57. The van der Waals surface area contributed by atoms with Gasteiger partial charge in [-0.25, -0.2) is 0 Å². The number of carboxylic acid groups (broad SMARTS) is 1. The van der Waals surface area contributed by atoms with Crippen LogP contribution < -0.4 is 11.1 Å². The van der Waals surface area contributed by atoms with Gasteiger partial charge in [0, 0.05) is 29.6 Å². The van der Waals surface area contributed by atoms with Crippen molar-refractivity contribution in [2.45, 2.75) is 44.2 Å².